The van der Waals surface area contributed by atoms with Gasteiger partial charge in [-0.1, -0.05) is 18.2 Å². The third-order valence-electron chi connectivity index (χ3n) is 3.20. The molecule has 0 radical (unpaired) electrons. The van der Waals surface area contributed by atoms with Gasteiger partial charge in [-0.2, -0.15) is 0 Å². The van der Waals surface area contributed by atoms with Crippen molar-refractivity contribution in [1.29, 1.82) is 0 Å². The van der Waals surface area contributed by atoms with Crippen molar-refractivity contribution in [3.8, 4) is 11.5 Å². The number of carbonyl (C=O) groups is 2. The average molecular weight is 319 g/mol. The number of methoxy groups -OCH3 is 1. The number of hydrogen-bond donors (Lipinski definition) is 1. The molecule has 0 aliphatic heterocycles. The topological polar surface area (TPSA) is 73.9 Å². The average Bonchev–Trinajstić information content (AvgIpc) is 3.35. The second-order valence-electron chi connectivity index (χ2n) is 5.20. The Balaban J connectivity index is 1.79. The van der Waals surface area contributed by atoms with Gasteiger partial charge in [0.05, 0.1) is 7.11 Å². The third-order valence-corrected chi connectivity index (χ3v) is 3.20. The number of ether oxygens (including phenoxy) is 3. The first kappa shape index (κ1) is 16.9. The molecule has 1 aromatic carbocycles. The molecular weight excluding hydrogens is 298 g/mol. The van der Waals surface area contributed by atoms with Crippen LogP contribution in [0.2, 0.25) is 0 Å². The van der Waals surface area contributed by atoms with Crippen LogP contribution in [0, 0.1) is 0 Å². The van der Waals surface area contributed by atoms with Crippen molar-refractivity contribution in [2.75, 3.05) is 20.3 Å². The van der Waals surface area contributed by atoms with Crippen LogP contribution in [-0.4, -0.2) is 38.2 Å². The molecule has 0 bridgehead atoms. The lowest BCUT2D eigenvalue weighted by Crippen LogP contribution is -2.31. The molecule has 1 aliphatic rings. The van der Waals surface area contributed by atoms with E-state index in [4.69, 9.17) is 14.2 Å². The quantitative estimate of drug-likeness (QED) is 0.741. The lowest BCUT2D eigenvalue weighted by molar-refractivity contribution is -0.150. The Morgan fingerprint density at radius 1 is 1.26 bits per heavy atom. The molecule has 0 atom stereocenters. The molecule has 1 aromatic rings. The zero-order valence-corrected chi connectivity index (χ0v) is 13.3. The highest BCUT2D eigenvalue weighted by Gasteiger charge is 2.23. The SMILES string of the molecule is C/C=C/c1ccc(OCC(=O)OCC(=O)NC2CC2)c(OC)c1. The molecule has 0 unspecified atom stereocenters. The van der Waals surface area contributed by atoms with E-state index in [9.17, 15) is 9.59 Å². The zero-order valence-electron chi connectivity index (χ0n) is 13.3. The fourth-order valence-corrected chi connectivity index (χ4v) is 1.92. The first-order valence-electron chi connectivity index (χ1n) is 7.51. The summed E-state index contributed by atoms with van der Waals surface area (Å²) in [5.74, 6) is 0.0877. The molecule has 1 saturated carbocycles. The molecule has 6 nitrogen and oxygen atoms in total. The number of nitrogens with one attached hydrogen (secondary N) is 1. The van der Waals surface area contributed by atoms with E-state index in [-0.39, 0.29) is 25.2 Å². The van der Waals surface area contributed by atoms with Crippen molar-refractivity contribution in [2.45, 2.75) is 25.8 Å². The normalized spacial score (nSPS) is 13.7. The Morgan fingerprint density at radius 2 is 2.04 bits per heavy atom. The molecule has 1 fully saturated rings. The summed E-state index contributed by atoms with van der Waals surface area (Å²) >= 11 is 0. The van der Waals surface area contributed by atoms with Crippen LogP contribution < -0.4 is 14.8 Å². The molecular formula is C17H21NO5. The Kier molecular flexibility index (Phi) is 6.02. The van der Waals surface area contributed by atoms with Gasteiger partial charge in [-0.15, -0.1) is 0 Å². The Bertz CT molecular complexity index is 593. The highest BCUT2D eigenvalue weighted by atomic mass is 16.6. The van der Waals surface area contributed by atoms with E-state index in [0.29, 0.717) is 11.5 Å². The van der Waals surface area contributed by atoms with Gasteiger partial charge in [0.15, 0.2) is 24.7 Å². The standard InChI is InChI=1S/C17H21NO5/c1-3-4-12-5-8-14(15(9-12)21-2)22-11-17(20)23-10-16(19)18-13-6-7-13/h3-5,8-9,13H,6-7,10-11H2,1-2H3,(H,18,19)/b4-3+. The van der Waals surface area contributed by atoms with Gasteiger partial charge in [0.25, 0.3) is 5.91 Å². The maximum atomic E-state index is 11.6. The van der Waals surface area contributed by atoms with Gasteiger partial charge in [-0.05, 0) is 37.5 Å². The maximum Gasteiger partial charge on any atom is 0.344 e. The van der Waals surface area contributed by atoms with E-state index >= 15 is 0 Å². The largest absolute Gasteiger partial charge is 0.493 e. The van der Waals surface area contributed by atoms with Crippen molar-refractivity contribution in [3.05, 3.63) is 29.8 Å². The Morgan fingerprint density at radius 3 is 2.70 bits per heavy atom. The van der Waals surface area contributed by atoms with Crippen LogP contribution in [-0.2, 0) is 14.3 Å². The molecule has 1 amide bonds. The lowest BCUT2D eigenvalue weighted by Gasteiger charge is -2.11. The van der Waals surface area contributed by atoms with E-state index in [1.54, 1.807) is 6.07 Å². The summed E-state index contributed by atoms with van der Waals surface area (Å²) in [6.07, 6.45) is 5.83. The van der Waals surface area contributed by atoms with Crippen LogP contribution in [0.1, 0.15) is 25.3 Å². The second-order valence-corrected chi connectivity index (χ2v) is 5.20. The van der Waals surface area contributed by atoms with Crippen LogP contribution in [0.15, 0.2) is 24.3 Å². The number of allylic oxidation sites excluding steroid dienone is 1. The van der Waals surface area contributed by atoms with Crippen molar-refractivity contribution >= 4 is 18.0 Å². The minimum Gasteiger partial charge on any atom is -0.493 e. The van der Waals surface area contributed by atoms with Crippen LogP contribution in [0.4, 0.5) is 0 Å². The fraction of sp³-hybridized carbons (Fsp3) is 0.412. The summed E-state index contributed by atoms with van der Waals surface area (Å²) in [7, 11) is 1.53. The van der Waals surface area contributed by atoms with E-state index in [1.807, 2.05) is 31.2 Å². The number of esters is 1. The van der Waals surface area contributed by atoms with Gasteiger partial charge in [-0.3, -0.25) is 4.79 Å². The molecule has 0 saturated heterocycles. The summed E-state index contributed by atoms with van der Waals surface area (Å²) in [6.45, 7) is 1.36. The number of rotatable bonds is 8. The van der Waals surface area contributed by atoms with E-state index in [0.717, 1.165) is 18.4 Å². The van der Waals surface area contributed by atoms with E-state index < -0.39 is 5.97 Å². The van der Waals surface area contributed by atoms with Gasteiger partial charge in [0.2, 0.25) is 0 Å². The molecule has 23 heavy (non-hydrogen) atoms. The minimum absolute atomic E-state index is 0.248. The summed E-state index contributed by atoms with van der Waals surface area (Å²) < 4.78 is 15.5. The molecule has 0 aromatic heterocycles. The summed E-state index contributed by atoms with van der Waals surface area (Å²) in [4.78, 5) is 23.0. The molecule has 124 valence electrons. The zero-order chi connectivity index (χ0) is 16.7. The molecule has 2 rings (SSSR count). The van der Waals surface area contributed by atoms with Crippen LogP contribution in [0.25, 0.3) is 6.08 Å². The van der Waals surface area contributed by atoms with Gasteiger partial charge in [0.1, 0.15) is 0 Å². The monoisotopic (exact) mass is 319 g/mol. The number of hydrogen-bond acceptors (Lipinski definition) is 5. The maximum absolute atomic E-state index is 11.6. The van der Waals surface area contributed by atoms with Crippen LogP contribution >= 0.6 is 0 Å². The van der Waals surface area contributed by atoms with Crippen LogP contribution in [0.3, 0.4) is 0 Å². The minimum atomic E-state index is -0.601. The van der Waals surface area contributed by atoms with Crippen molar-refractivity contribution in [3.63, 3.8) is 0 Å². The van der Waals surface area contributed by atoms with Crippen molar-refractivity contribution in [2.24, 2.45) is 0 Å². The fourth-order valence-electron chi connectivity index (χ4n) is 1.92. The molecule has 6 heteroatoms. The first-order valence-corrected chi connectivity index (χ1v) is 7.51. The highest BCUT2D eigenvalue weighted by Crippen LogP contribution is 2.28. The summed E-state index contributed by atoms with van der Waals surface area (Å²) in [5, 5.41) is 2.74. The predicted molar refractivity (Wildman–Crippen MR) is 85.3 cm³/mol. The van der Waals surface area contributed by atoms with Gasteiger partial charge in [0, 0.05) is 6.04 Å². The van der Waals surface area contributed by atoms with Gasteiger partial charge >= 0.3 is 5.97 Å². The van der Waals surface area contributed by atoms with Crippen LogP contribution in [0.5, 0.6) is 11.5 Å². The summed E-state index contributed by atoms with van der Waals surface area (Å²) in [6, 6.07) is 5.63. The van der Waals surface area contributed by atoms with Crippen molar-refractivity contribution < 1.29 is 23.8 Å². The third kappa shape index (κ3) is 5.65. The Labute approximate surface area is 135 Å². The lowest BCUT2D eigenvalue weighted by atomic mass is 10.2. The predicted octanol–water partition coefficient (Wildman–Crippen LogP) is 1.93. The van der Waals surface area contributed by atoms with E-state index in [2.05, 4.69) is 5.32 Å². The second kappa shape index (κ2) is 8.22. The van der Waals surface area contributed by atoms with Gasteiger partial charge < -0.3 is 19.5 Å². The van der Waals surface area contributed by atoms with Crippen molar-refractivity contribution in [1.82, 2.24) is 5.32 Å². The highest BCUT2D eigenvalue weighted by molar-refractivity contribution is 5.81. The summed E-state index contributed by atoms with van der Waals surface area (Å²) in [5.41, 5.74) is 0.969. The molecule has 0 heterocycles. The smallest absolute Gasteiger partial charge is 0.344 e. The van der Waals surface area contributed by atoms with E-state index in [1.165, 1.54) is 7.11 Å². The van der Waals surface area contributed by atoms with Gasteiger partial charge in [-0.25, -0.2) is 4.79 Å². The molecule has 0 spiro atoms. The number of benzene rings is 1. The first-order chi connectivity index (χ1) is 11.1. The number of carbonyl (C=O) groups excluding carboxylic acids is 2. The molecule has 1 aliphatic carbocycles. The molecule has 1 N–H and O–H groups in total. The Hall–Kier alpha value is -2.50. The number of amides is 1.